The molecule has 12 heavy (non-hydrogen) atoms. The molecule has 0 bridgehead atoms. The summed E-state index contributed by atoms with van der Waals surface area (Å²) in [6, 6.07) is 0. The summed E-state index contributed by atoms with van der Waals surface area (Å²) in [6.45, 7) is 1.98. The maximum atomic E-state index is 5.86. The van der Waals surface area contributed by atoms with Crippen LogP contribution >= 0.6 is 23.1 Å². The van der Waals surface area contributed by atoms with Crippen molar-refractivity contribution in [2.45, 2.75) is 18.8 Å². The molecule has 0 radical (unpaired) electrons. The van der Waals surface area contributed by atoms with Gasteiger partial charge in [-0.05, 0) is 24.6 Å². The van der Waals surface area contributed by atoms with E-state index in [1.54, 1.807) is 11.3 Å². The average molecular weight is 203 g/mol. The van der Waals surface area contributed by atoms with E-state index in [2.05, 4.69) is 4.98 Å². The van der Waals surface area contributed by atoms with Crippen molar-refractivity contribution in [1.82, 2.24) is 9.40 Å². The highest BCUT2D eigenvalue weighted by molar-refractivity contribution is 7.09. The quantitative estimate of drug-likeness (QED) is 0.651. The van der Waals surface area contributed by atoms with E-state index in [4.69, 9.17) is 11.8 Å². The molecule has 0 atom stereocenters. The third kappa shape index (κ3) is 1.79. The maximum absolute atomic E-state index is 5.86. The number of rotatable bonds is 1. The van der Waals surface area contributed by atoms with Crippen LogP contribution in [0.5, 0.6) is 0 Å². The van der Waals surface area contributed by atoms with Crippen LogP contribution in [0.1, 0.15) is 23.8 Å². The number of piperidine rings is 1. The highest BCUT2D eigenvalue weighted by Crippen LogP contribution is 2.29. The normalized spacial score (nSPS) is 21.4. The summed E-state index contributed by atoms with van der Waals surface area (Å²) in [5.41, 5.74) is 0. The van der Waals surface area contributed by atoms with Crippen molar-refractivity contribution in [3.05, 3.63) is 16.6 Å². The van der Waals surface area contributed by atoms with Gasteiger partial charge in [-0.15, -0.1) is 11.3 Å². The van der Waals surface area contributed by atoms with Gasteiger partial charge in [-0.1, -0.05) is 0 Å². The molecule has 1 aliphatic heterocycles. The minimum atomic E-state index is 0.653. The second kappa shape index (κ2) is 3.73. The average Bonchev–Trinajstić information content (AvgIpc) is 2.58. The number of aromatic nitrogens is 1. The fraction of sp³-hybridized carbons (Fsp3) is 0.625. The highest BCUT2D eigenvalue weighted by atomic mass is 35.5. The van der Waals surface area contributed by atoms with Crippen LogP contribution in [0, 0.1) is 0 Å². The molecule has 1 saturated heterocycles. The fourth-order valence-electron chi connectivity index (χ4n) is 1.53. The Hall–Kier alpha value is -0.120. The van der Waals surface area contributed by atoms with Crippen LogP contribution in [-0.4, -0.2) is 22.5 Å². The van der Waals surface area contributed by atoms with E-state index < -0.39 is 0 Å². The number of hydrogen-bond acceptors (Lipinski definition) is 3. The van der Waals surface area contributed by atoms with Crippen LogP contribution in [0.25, 0.3) is 0 Å². The van der Waals surface area contributed by atoms with Gasteiger partial charge in [0.15, 0.2) is 0 Å². The van der Waals surface area contributed by atoms with Crippen molar-refractivity contribution in [3.63, 3.8) is 0 Å². The van der Waals surface area contributed by atoms with E-state index >= 15 is 0 Å². The van der Waals surface area contributed by atoms with Crippen molar-refractivity contribution in [1.29, 1.82) is 0 Å². The molecule has 2 nitrogen and oxygen atoms in total. The lowest BCUT2D eigenvalue weighted by Crippen LogP contribution is -2.25. The molecule has 2 rings (SSSR count). The van der Waals surface area contributed by atoms with Crippen LogP contribution in [0.3, 0.4) is 0 Å². The summed E-state index contributed by atoms with van der Waals surface area (Å²) in [7, 11) is 0. The molecule has 1 fully saturated rings. The van der Waals surface area contributed by atoms with E-state index in [0.717, 1.165) is 25.9 Å². The Morgan fingerprint density at radius 3 is 2.83 bits per heavy atom. The van der Waals surface area contributed by atoms with Gasteiger partial charge in [0.25, 0.3) is 0 Å². The van der Waals surface area contributed by atoms with Crippen molar-refractivity contribution in [2.75, 3.05) is 13.1 Å². The van der Waals surface area contributed by atoms with Gasteiger partial charge in [-0.2, -0.15) is 0 Å². The van der Waals surface area contributed by atoms with Crippen molar-refractivity contribution in [2.24, 2.45) is 0 Å². The van der Waals surface area contributed by atoms with E-state index in [-0.39, 0.29) is 0 Å². The van der Waals surface area contributed by atoms with Crippen LogP contribution in [0.4, 0.5) is 0 Å². The molecule has 0 unspecified atom stereocenters. The Bertz CT molecular complexity index is 229. The molecule has 0 aliphatic carbocycles. The highest BCUT2D eigenvalue weighted by Gasteiger charge is 2.20. The molecule has 0 saturated carbocycles. The van der Waals surface area contributed by atoms with Gasteiger partial charge < -0.3 is 0 Å². The second-order valence-electron chi connectivity index (χ2n) is 3.05. The Kier molecular flexibility index (Phi) is 2.63. The van der Waals surface area contributed by atoms with E-state index in [0.29, 0.717) is 5.92 Å². The minimum absolute atomic E-state index is 0.653. The van der Waals surface area contributed by atoms with E-state index in [9.17, 15) is 0 Å². The smallest absolute Gasteiger partial charge is 0.0956 e. The minimum Gasteiger partial charge on any atom is -0.249 e. The first-order valence-electron chi connectivity index (χ1n) is 4.16. The summed E-state index contributed by atoms with van der Waals surface area (Å²) in [6.07, 6.45) is 4.18. The Morgan fingerprint density at radius 1 is 1.50 bits per heavy atom. The van der Waals surface area contributed by atoms with Crippen molar-refractivity contribution in [3.8, 4) is 0 Å². The summed E-state index contributed by atoms with van der Waals surface area (Å²) in [5.74, 6) is 0.653. The topological polar surface area (TPSA) is 16.1 Å². The van der Waals surface area contributed by atoms with Crippen LogP contribution in [0.2, 0.25) is 0 Å². The lowest BCUT2D eigenvalue weighted by molar-refractivity contribution is 0.335. The zero-order chi connectivity index (χ0) is 8.39. The fourth-order valence-corrected chi connectivity index (χ4v) is 2.54. The summed E-state index contributed by atoms with van der Waals surface area (Å²) >= 11 is 7.62. The zero-order valence-corrected chi connectivity index (χ0v) is 8.31. The molecule has 0 amide bonds. The Labute approximate surface area is 81.3 Å². The van der Waals surface area contributed by atoms with Gasteiger partial charge in [0.2, 0.25) is 0 Å². The molecule has 4 heteroatoms. The van der Waals surface area contributed by atoms with Gasteiger partial charge in [-0.3, -0.25) is 0 Å². The predicted molar refractivity (Wildman–Crippen MR) is 51.5 cm³/mol. The zero-order valence-electron chi connectivity index (χ0n) is 6.74. The van der Waals surface area contributed by atoms with Crippen LogP contribution in [-0.2, 0) is 0 Å². The number of thiazole rings is 1. The van der Waals surface area contributed by atoms with Crippen LogP contribution < -0.4 is 0 Å². The van der Waals surface area contributed by atoms with Crippen molar-refractivity contribution < 1.29 is 0 Å². The summed E-state index contributed by atoms with van der Waals surface area (Å²) < 4.78 is 1.87. The molecule has 66 valence electrons. The molecule has 1 aliphatic rings. The molecule has 0 N–H and O–H groups in total. The molecule has 2 heterocycles. The second-order valence-corrected chi connectivity index (χ2v) is 4.46. The van der Waals surface area contributed by atoms with E-state index in [1.165, 1.54) is 5.01 Å². The van der Waals surface area contributed by atoms with E-state index in [1.807, 2.05) is 16.0 Å². The van der Waals surface area contributed by atoms with Gasteiger partial charge in [-0.25, -0.2) is 9.40 Å². The maximum Gasteiger partial charge on any atom is 0.0956 e. The largest absolute Gasteiger partial charge is 0.249 e. The predicted octanol–water partition coefficient (Wildman–Crippen LogP) is 2.48. The third-order valence-corrected chi connectivity index (χ3v) is 3.52. The monoisotopic (exact) mass is 202 g/mol. The third-order valence-electron chi connectivity index (χ3n) is 2.24. The first kappa shape index (κ1) is 8.48. The standard InChI is InChI=1S/C8H11ClN2S/c9-11-4-1-7(2-5-11)8-10-3-6-12-8/h3,6-7H,1-2,4-5H2. The number of nitrogens with zero attached hydrogens (tertiary/aromatic N) is 2. The van der Waals surface area contributed by atoms with Gasteiger partial charge >= 0.3 is 0 Å². The van der Waals surface area contributed by atoms with Crippen molar-refractivity contribution >= 4 is 23.1 Å². The van der Waals surface area contributed by atoms with Crippen LogP contribution in [0.15, 0.2) is 11.6 Å². The first-order valence-corrected chi connectivity index (χ1v) is 5.38. The number of halogens is 1. The lowest BCUT2D eigenvalue weighted by atomic mass is 9.99. The lowest BCUT2D eigenvalue weighted by Gasteiger charge is -2.25. The molecule has 0 aromatic carbocycles. The summed E-state index contributed by atoms with van der Waals surface area (Å²) in [4.78, 5) is 4.32. The Morgan fingerprint density at radius 2 is 2.25 bits per heavy atom. The van der Waals surface area contributed by atoms with Gasteiger partial charge in [0, 0.05) is 30.6 Å². The number of hydrogen-bond donors (Lipinski definition) is 0. The summed E-state index contributed by atoms with van der Waals surface area (Å²) in [5, 5.41) is 3.32. The molecular formula is C8H11ClN2S. The molecular weight excluding hydrogens is 192 g/mol. The molecule has 1 aromatic heterocycles. The first-order chi connectivity index (χ1) is 5.86. The Balaban J connectivity index is 1.99. The SMILES string of the molecule is ClN1CCC(c2nccs2)CC1. The molecule has 0 spiro atoms. The van der Waals surface area contributed by atoms with Gasteiger partial charge in [0.05, 0.1) is 5.01 Å². The molecule has 1 aromatic rings. The van der Waals surface area contributed by atoms with Gasteiger partial charge in [0.1, 0.15) is 0 Å².